The van der Waals surface area contributed by atoms with Crippen molar-refractivity contribution in [3.63, 3.8) is 0 Å². The zero-order valence-electron chi connectivity index (χ0n) is 9.52. The SMILES string of the molecule is N#Cc1cnc(NCc2ccc(Br)cc2)c(N)c1. The van der Waals surface area contributed by atoms with Gasteiger partial charge in [0, 0.05) is 17.2 Å². The highest BCUT2D eigenvalue weighted by Crippen LogP contribution is 2.17. The molecule has 0 fully saturated rings. The van der Waals surface area contributed by atoms with Gasteiger partial charge in [0.15, 0.2) is 0 Å². The van der Waals surface area contributed by atoms with Crippen molar-refractivity contribution in [3.05, 3.63) is 52.1 Å². The molecule has 0 aliphatic heterocycles. The lowest BCUT2D eigenvalue weighted by atomic mass is 10.2. The molecule has 1 aromatic carbocycles. The van der Waals surface area contributed by atoms with Gasteiger partial charge in [-0.1, -0.05) is 28.1 Å². The van der Waals surface area contributed by atoms with E-state index in [4.69, 9.17) is 11.0 Å². The second-order valence-corrected chi connectivity index (χ2v) is 4.67. The molecule has 0 bridgehead atoms. The first-order chi connectivity index (χ1) is 8.69. The monoisotopic (exact) mass is 302 g/mol. The number of halogens is 1. The summed E-state index contributed by atoms with van der Waals surface area (Å²) in [7, 11) is 0. The molecule has 0 aliphatic rings. The van der Waals surface area contributed by atoms with E-state index >= 15 is 0 Å². The lowest BCUT2D eigenvalue weighted by molar-refractivity contribution is 1.11. The number of hydrogen-bond acceptors (Lipinski definition) is 4. The van der Waals surface area contributed by atoms with Crippen molar-refractivity contribution in [3.8, 4) is 6.07 Å². The van der Waals surface area contributed by atoms with Gasteiger partial charge in [0.25, 0.3) is 0 Å². The average Bonchev–Trinajstić information content (AvgIpc) is 2.39. The Morgan fingerprint density at radius 2 is 2.06 bits per heavy atom. The molecule has 0 spiro atoms. The number of benzene rings is 1. The first kappa shape index (κ1) is 12.4. The van der Waals surface area contributed by atoms with Gasteiger partial charge in [-0.25, -0.2) is 4.98 Å². The lowest BCUT2D eigenvalue weighted by Gasteiger charge is -2.08. The summed E-state index contributed by atoms with van der Waals surface area (Å²) in [6.07, 6.45) is 1.50. The maximum atomic E-state index is 8.72. The van der Waals surface area contributed by atoms with E-state index in [-0.39, 0.29) is 0 Å². The summed E-state index contributed by atoms with van der Waals surface area (Å²) in [5.41, 5.74) is 7.87. The van der Waals surface area contributed by atoms with Crippen LogP contribution >= 0.6 is 15.9 Å². The quantitative estimate of drug-likeness (QED) is 0.914. The van der Waals surface area contributed by atoms with Crippen molar-refractivity contribution in [1.29, 1.82) is 5.26 Å². The molecule has 2 aromatic rings. The van der Waals surface area contributed by atoms with Crippen LogP contribution in [0.5, 0.6) is 0 Å². The Morgan fingerprint density at radius 1 is 1.33 bits per heavy atom. The minimum absolute atomic E-state index is 0.460. The van der Waals surface area contributed by atoms with Gasteiger partial charge in [-0.05, 0) is 23.8 Å². The molecule has 2 rings (SSSR count). The van der Waals surface area contributed by atoms with Gasteiger partial charge in [0.1, 0.15) is 11.9 Å². The second-order valence-electron chi connectivity index (χ2n) is 3.75. The van der Waals surface area contributed by atoms with Gasteiger partial charge >= 0.3 is 0 Å². The van der Waals surface area contributed by atoms with Crippen molar-refractivity contribution in [2.75, 3.05) is 11.1 Å². The maximum Gasteiger partial charge on any atom is 0.149 e. The third kappa shape index (κ3) is 2.99. The summed E-state index contributed by atoms with van der Waals surface area (Å²) in [6, 6.07) is 11.6. The third-order valence-electron chi connectivity index (χ3n) is 2.42. The average molecular weight is 303 g/mol. The molecule has 90 valence electrons. The highest BCUT2D eigenvalue weighted by Gasteiger charge is 2.02. The van der Waals surface area contributed by atoms with Crippen LogP contribution in [0, 0.1) is 11.3 Å². The van der Waals surface area contributed by atoms with Crippen molar-refractivity contribution < 1.29 is 0 Å². The van der Waals surface area contributed by atoms with Crippen LogP contribution in [0.25, 0.3) is 0 Å². The van der Waals surface area contributed by atoms with Gasteiger partial charge in [-0.15, -0.1) is 0 Å². The molecule has 1 aromatic heterocycles. The summed E-state index contributed by atoms with van der Waals surface area (Å²) in [4.78, 5) is 4.11. The van der Waals surface area contributed by atoms with Crippen molar-refractivity contribution in [2.24, 2.45) is 0 Å². The van der Waals surface area contributed by atoms with Crippen LogP contribution in [0.4, 0.5) is 11.5 Å². The summed E-state index contributed by atoms with van der Waals surface area (Å²) in [5, 5.41) is 11.9. The predicted octanol–water partition coefficient (Wildman–Crippen LogP) is 2.91. The Bertz CT molecular complexity index is 587. The van der Waals surface area contributed by atoms with E-state index in [9.17, 15) is 0 Å². The van der Waals surface area contributed by atoms with E-state index in [1.807, 2.05) is 30.3 Å². The number of pyridine rings is 1. The van der Waals surface area contributed by atoms with E-state index in [1.165, 1.54) is 6.20 Å². The second kappa shape index (κ2) is 5.52. The zero-order valence-corrected chi connectivity index (χ0v) is 11.1. The summed E-state index contributed by atoms with van der Waals surface area (Å²) < 4.78 is 1.04. The molecule has 5 heteroatoms. The Morgan fingerprint density at radius 3 is 2.67 bits per heavy atom. The summed E-state index contributed by atoms with van der Waals surface area (Å²) in [6.45, 7) is 0.635. The van der Waals surface area contributed by atoms with Crippen LogP contribution < -0.4 is 11.1 Å². The molecule has 0 unspecified atom stereocenters. The molecule has 0 radical (unpaired) electrons. The molecule has 0 amide bonds. The molecule has 0 saturated heterocycles. The van der Waals surface area contributed by atoms with E-state index in [1.54, 1.807) is 6.07 Å². The number of nitriles is 1. The van der Waals surface area contributed by atoms with Gasteiger partial charge in [-0.2, -0.15) is 5.26 Å². The molecule has 3 N–H and O–H groups in total. The number of aromatic nitrogens is 1. The Labute approximate surface area is 114 Å². The Hall–Kier alpha value is -2.06. The topological polar surface area (TPSA) is 74.7 Å². The van der Waals surface area contributed by atoms with Crippen LogP contribution in [-0.2, 0) is 6.54 Å². The van der Waals surface area contributed by atoms with Crippen molar-refractivity contribution in [2.45, 2.75) is 6.54 Å². The minimum atomic E-state index is 0.460. The number of nitrogens with zero attached hydrogens (tertiary/aromatic N) is 2. The summed E-state index contributed by atoms with van der Waals surface area (Å²) >= 11 is 3.39. The molecule has 1 heterocycles. The van der Waals surface area contributed by atoms with Crippen LogP contribution in [0.3, 0.4) is 0 Å². The predicted molar refractivity (Wildman–Crippen MR) is 74.8 cm³/mol. The fourth-order valence-electron chi connectivity index (χ4n) is 1.48. The number of nitrogen functional groups attached to an aromatic ring is 1. The number of nitrogens with one attached hydrogen (secondary N) is 1. The van der Waals surface area contributed by atoms with E-state index in [0.29, 0.717) is 23.6 Å². The van der Waals surface area contributed by atoms with E-state index < -0.39 is 0 Å². The highest BCUT2D eigenvalue weighted by molar-refractivity contribution is 9.10. The smallest absolute Gasteiger partial charge is 0.149 e. The van der Waals surface area contributed by atoms with Gasteiger partial charge in [-0.3, -0.25) is 0 Å². The fourth-order valence-corrected chi connectivity index (χ4v) is 1.74. The van der Waals surface area contributed by atoms with Crippen LogP contribution in [-0.4, -0.2) is 4.98 Å². The third-order valence-corrected chi connectivity index (χ3v) is 2.95. The molecule has 4 nitrogen and oxygen atoms in total. The standard InChI is InChI=1S/C13H11BrN4/c14-11-3-1-9(2-4-11)7-17-13-12(16)5-10(6-15)8-18-13/h1-5,8H,7,16H2,(H,17,18). The molecule has 0 atom stereocenters. The fraction of sp³-hybridized carbons (Fsp3) is 0.0769. The van der Waals surface area contributed by atoms with Crippen molar-refractivity contribution >= 4 is 27.4 Å². The molecular weight excluding hydrogens is 292 g/mol. The normalized spacial score (nSPS) is 9.78. The molecule has 0 saturated carbocycles. The summed E-state index contributed by atoms with van der Waals surface area (Å²) in [5.74, 6) is 0.594. The van der Waals surface area contributed by atoms with Crippen LogP contribution in [0.15, 0.2) is 41.0 Å². The number of rotatable bonds is 3. The highest BCUT2D eigenvalue weighted by atomic mass is 79.9. The molecule has 18 heavy (non-hydrogen) atoms. The van der Waals surface area contributed by atoms with E-state index in [0.717, 1.165) is 10.0 Å². The Balaban J connectivity index is 2.06. The van der Waals surface area contributed by atoms with Crippen LogP contribution in [0.2, 0.25) is 0 Å². The van der Waals surface area contributed by atoms with Gasteiger partial charge in [0.05, 0.1) is 11.3 Å². The van der Waals surface area contributed by atoms with Crippen LogP contribution in [0.1, 0.15) is 11.1 Å². The van der Waals surface area contributed by atoms with Gasteiger partial charge in [0.2, 0.25) is 0 Å². The van der Waals surface area contributed by atoms with E-state index in [2.05, 4.69) is 26.2 Å². The van der Waals surface area contributed by atoms with Gasteiger partial charge < -0.3 is 11.1 Å². The number of hydrogen-bond donors (Lipinski definition) is 2. The zero-order chi connectivity index (χ0) is 13.0. The number of anilines is 2. The van der Waals surface area contributed by atoms with Crippen molar-refractivity contribution in [1.82, 2.24) is 4.98 Å². The first-order valence-electron chi connectivity index (χ1n) is 5.33. The number of nitrogens with two attached hydrogens (primary N) is 1. The maximum absolute atomic E-state index is 8.72. The molecular formula is C13H11BrN4. The minimum Gasteiger partial charge on any atom is -0.396 e. The first-order valence-corrected chi connectivity index (χ1v) is 6.12. The Kier molecular flexibility index (Phi) is 3.80. The largest absolute Gasteiger partial charge is 0.396 e. The molecule has 0 aliphatic carbocycles. The lowest BCUT2D eigenvalue weighted by Crippen LogP contribution is -2.04.